The number of hydrogen-bond acceptors (Lipinski definition) is 3. The summed E-state index contributed by atoms with van der Waals surface area (Å²) in [5.41, 5.74) is 0.601. The van der Waals surface area contributed by atoms with Crippen LogP contribution in [0.4, 0.5) is 15.8 Å². The summed E-state index contributed by atoms with van der Waals surface area (Å²) < 4.78 is 41.2. The largest absolute Gasteiger partial charge is 0.320 e. The summed E-state index contributed by atoms with van der Waals surface area (Å²) in [6.45, 7) is 0. The normalized spacial score (nSPS) is 11.0. The predicted molar refractivity (Wildman–Crippen MR) is 103 cm³/mol. The molecule has 0 radical (unpaired) electrons. The van der Waals surface area contributed by atoms with Crippen molar-refractivity contribution < 1.29 is 17.6 Å². The van der Waals surface area contributed by atoms with Crippen molar-refractivity contribution in [1.29, 1.82) is 0 Å². The highest BCUT2D eigenvalue weighted by atomic mass is 35.5. The topological polar surface area (TPSA) is 75.3 Å². The zero-order valence-corrected chi connectivity index (χ0v) is 15.4. The summed E-state index contributed by atoms with van der Waals surface area (Å²) in [7, 11) is -4.20. The molecule has 138 valence electrons. The predicted octanol–water partition coefficient (Wildman–Crippen LogP) is 4.53. The fourth-order valence-corrected chi connectivity index (χ4v) is 3.69. The summed E-state index contributed by atoms with van der Waals surface area (Å²) in [4.78, 5) is 11.9. The van der Waals surface area contributed by atoms with Crippen molar-refractivity contribution in [3.8, 4) is 0 Å². The van der Waals surface area contributed by atoms with E-state index < -0.39 is 26.6 Å². The fraction of sp³-hybridized carbons (Fsp3) is 0. The minimum atomic E-state index is -4.20. The van der Waals surface area contributed by atoms with Crippen LogP contribution in [-0.2, 0) is 10.0 Å². The zero-order valence-electron chi connectivity index (χ0n) is 13.8. The van der Waals surface area contributed by atoms with Crippen molar-refractivity contribution in [2.75, 3.05) is 10.0 Å². The lowest BCUT2D eigenvalue weighted by Crippen LogP contribution is -2.18. The van der Waals surface area contributed by atoms with Gasteiger partial charge < -0.3 is 5.32 Å². The molecular weight excluding hydrogens is 391 g/mol. The number of amides is 1. The van der Waals surface area contributed by atoms with Crippen molar-refractivity contribution >= 4 is 38.9 Å². The van der Waals surface area contributed by atoms with Crippen LogP contribution in [0.15, 0.2) is 77.7 Å². The van der Waals surface area contributed by atoms with Gasteiger partial charge in [-0.1, -0.05) is 41.9 Å². The lowest BCUT2D eigenvalue weighted by atomic mass is 10.2. The number of rotatable bonds is 5. The number of carbonyl (C=O) groups excluding carboxylic acids is 1. The summed E-state index contributed by atoms with van der Waals surface area (Å²) in [6.07, 6.45) is 0. The van der Waals surface area contributed by atoms with Gasteiger partial charge in [-0.05, 0) is 42.5 Å². The second kappa shape index (κ2) is 7.77. The van der Waals surface area contributed by atoms with E-state index in [1.807, 2.05) is 0 Å². The average Bonchev–Trinajstić information content (AvgIpc) is 2.65. The fourth-order valence-electron chi connectivity index (χ4n) is 2.36. The molecule has 3 aromatic carbocycles. The van der Waals surface area contributed by atoms with Crippen molar-refractivity contribution in [1.82, 2.24) is 0 Å². The molecule has 0 aliphatic carbocycles. The maximum atomic E-state index is 13.9. The van der Waals surface area contributed by atoms with Gasteiger partial charge in [-0.25, -0.2) is 12.8 Å². The van der Waals surface area contributed by atoms with E-state index in [1.165, 1.54) is 30.3 Å². The van der Waals surface area contributed by atoms with Gasteiger partial charge in [0.1, 0.15) is 10.7 Å². The van der Waals surface area contributed by atoms with Gasteiger partial charge in [0.05, 0.1) is 11.4 Å². The van der Waals surface area contributed by atoms with Crippen LogP contribution in [0.1, 0.15) is 10.4 Å². The molecule has 0 spiro atoms. The maximum Gasteiger partial charge on any atom is 0.264 e. The summed E-state index contributed by atoms with van der Waals surface area (Å²) in [6, 6.07) is 17.7. The number of benzene rings is 3. The van der Waals surface area contributed by atoms with E-state index in [1.54, 1.807) is 30.3 Å². The summed E-state index contributed by atoms with van der Waals surface area (Å²) in [5, 5.41) is 2.91. The molecule has 0 aliphatic rings. The number of halogens is 2. The molecule has 5 nitrogen and oxygen atoms in total. The molecule has 3 rings (SSSR count). The first-order valence-electron chi connectivity index (χ1n) is 7.80. The van der Waals surface area contributed by atoms with Gasteiger partial charge in [-0.2, -0.15) is 0 Å². The molecule has 0 unspecified atom stereocenters. The minimum absolute atomic E-state index is 0.0620. The minimum Gasteiger partial charge on any atom is -0.320 e. The monoisotopic (exact) mass is 404 g/mol. The number of nitrogens with one attached hydrogen (secondary N) is 2. The Bertz CT molecular complexity index is 1090. The third kappa shape index (κ3) is 4.45. The van der Waals surface area contributed by atoms with Gasteiger partial charge in [0, 0.05) is 10.6 Å². The number of hydrogen-bond donors (Lipinski definition) is 2. The van der Waals surface area contributed by atoms with E-state index in [0.717, 1.165) is 12.1 Å². The Hall–Kier alpha value is -2.90. The van der Waals surface area contributed by atoms with E-state index in [4.69, 9.17) is 11.6 Å². The Morgan fingerprint density at radius 2 is 1.56 bits per heavy atom. The summed E-state index contributed by atoms with van der Waals surface area (Å²) >= 11 is 5.97. The molecule has 0 fully saturated rings. The molecule has 3 aromatic rings. The lowest BCUT2D eigenvalue weighted by molar-refractivity contribution is 0.102. The standard InChI is InChI=1S/C19H14ClFN2O3S/c20-14-10-11-16(23-27(25,26)18-9-5-4-8-15(18)21)17(12-14)22-19(24)13-6-2-1-3-7-13/h1-12,23H,(H,22,24). The van der Waals surface area contributed by atoms with Crippen LogP contribution >= 0.6 is 11.6 Å². The Morgan fingerprint density at radius 3 is 2.26 bits per heavy atom. The molecule has 0 heterocycles. The molecule has 8 heteroatoms. The molecule has 0 aliphatic heterocycles. The average molecular weight is 405 g/mol. The van der Waals surface area contributed by atoms with Gasteiger partial charge in [0.15, 0.2) is 0 Å². The zero-order chi connectivity index (χ0) is 19.4. The molecule has 0 bridgehead atoms. The van der Waals surface area contributed by atoms with Crippen LogP contribution in [0.25, 0.3) is 0 Å². The molecule has 1 amide bonds. The van der Waals surface area contributed by atoms with Gasteiger partial charge in [0.25, 0.3) is 15.9 Å². The lowest BCUT2D eigenvalue weighted by Gasteiger charge is -2.14. The first-order valence-corrected chi connectivity index (χ1v) is 9.66. The molecular formula is C19H14ClFN2O3S. The Kier molecular flexibility index (Phi) is 5.43. The van der Waals surface area contributed by atoms with E-state index in [-0.39, 0.29) is 11.4 Å². The second-order valence-electron chi connectivity index (χ2n) is 5.55. The molecule has 0 saturated carbocycles. The highest BCUT2D eigenvalue weighted by molar-refractivity contribution is 7.92. The van der Waals surface area contributed by atoms with E-state index in [9.17, 15) is 17.6 Å². The van der Waals surface area contributed by atoms with Gasteiger partial charge >= 0.3 is 0 Å². The number of sulfonamides is 1. The third-order valence-electron chi connectivity index (χ3n) is 3.64. The van der Waals surface area contributed by atoms with E-state index >= 15 is 0 Å². The van der Waals surface area contributed by atoms with E-state index in [0.29, 0.717) is 10.6 Å². The molecule has 0 aromatic heterocycles. The van der Waals surface area contributed by atoms with Crippen LogP contribution in [0.2, 0.25) is 5.02 Å². The van der Waals surface area contributed by atoms with Crippen LogP contribution in [0, 0.1) is 5.82 Å². The van der Waals surface area contributed by atoms with Crippen molar-refractivity contribution in [2.45, 2.75) is 4.90 Å². The highest BCUT2D eigenvalue weighted by Crippen LogP contribution is 2.29. The number of carbonyl (C=O) groups is 1. The number of anilines is 2. The van der Waals surface area contributed by atoms with Gasteiger partial charge in [0.2, 0.25) is 0 Å². The van der Waals surface area contributed by atoms with Crippen LogP contribution < -0.4 is 10.0 Å². The van der Waals surface area contributed by atoms with Crippen LogP contribution in [0.3, 0.4) is 0 Å². The molecule has 27 heavy (non-hydrogen) atoms. The summed E-state index contributed by atoms with van der Waals surface area (Å²) in [5.74, 6) is -1.32. The molecule has 0 saturated heterocycles. The Morgan fingerprint density at radius 1 is 0.889 bits per heavy atom. The van der Waals surface area contributed by atoms with E-state index in [2.05, 4.69) is 10.0 Å². The first-order chi connectivity index (χ1) is 12.9. The highest BCUT2D eigenvalue weighted by Gasteiger charge is 2.20. The smallest absolute Gasteiger partial charge is 0.264 e. The molecule has 2 N–H and O–H groups in total. The SMILES string of the molecule is O=C(Nc1cc(Cl)ccc1NS(=O)(=O)c1ccccc1F)c1ccccc1. The third-order valence-corrected chi connectivity index (χ3v) is 5.27. The van der Waals surface area contributed by atoms with Gasteiger partial charge in [-0.3, -0.25) is 9.52 Å². The Labute approximate surface area is 160 Å². The Balaban J connectivity index is 1.93. The van der Waals surface area contributed by atoms with Crippen molar-refractivity contribution in [2.24, 2.45) is 0 Å². The van der Waals surface area contributed by atoms with Crippen LogP contribution in [0.5, 0.6) is 0 Å². The first kappa shape index (κ1) is 18.9. The van der Waals surface area contributed by atoms with Gasteiger partial charge in [-0.15, -0.1) is 0 Å². The molecule has 0 atom stereocenters. The quantitative estimate of drug-likeness (QED) is 0.655. The van der Waals surface area contributed by atoms with Crippen molar-refractivity contribution in [3.63, 3.8) is 0 Å². The maximum absolute atomic E-state index is 13.9. The van der Waals surface area contributed by atoms with Crippen LogP contribution in [-0.4, -0.2) is 14.3 Å². The second-order valence-corrected chi connectivity index (χ2v) is 7.63. The van der Waals surface area contributed by atoms with Crippen molar-refractivity contribution in [3.05, 3.63) is 89.2 Å².